The summed E-state index contributed by atoms with van der Waals surface area (Å²) in [4.78, 5) is 11.7. The predicted molar refractivity (Wildman–Crippen MR) is 105 cm³/mol. The molecule has 0 aliphatic heterocycles. The molecule has 0 bridgehead atoms. The van der Waals surface area contributed by atoms with E-state index in [-0.39, 0.29) is 5.97 Å². The van der Waals surface area contributed by atoms with Crippen molar-refractivity contribution in [2.24, 2.45) is 0 Å². The summed E-state index contributed by atoms with van der Waals surface area (Å²) in [5.74, 6) is 0.624. The second kappa shape index (κ2) is 10.6. The summed E-state index contributed by atoms with van der Waals surface area (Å²) >= 11 is 0. The lowest BCUT2D eigenvalue weighted by molar-refractivity contribution is 0.0526. The molecule has 140 valence electrons. The fourth-order valence-corrected chi connectivity index (χ4v) is 2.82. The van der Waals surface area contributed by atoms with Gasteiger partial charge in [0.2, 0.25) is 0 Å². The lowest BCUT2D eigenvalue weighted by atomic mass is 10.0. The number of benzene rings is 2. The Morgan fingerprint density at radius 2 is 1.65 bits per heavy atom. The Morgan fingerprint density at radius 1 is 1.00 bits per heavy atom. The van der Waals surface area contributed by atoms with E-state index < -0.39 is 0 Å². The van der Waals surface area contributed by atoms with Gasteiger partial charge in [0.05, 0.1) is 19.3 Å². The normalized spacial score (nSPS) is 11.8. The van der Waals surface area contributed by atoms with E-state index in [1.165, 1.54) is 11.1 Å². The van der Waals surface area contributed by atoms with Crippen LogP contribution in [0, 0.1) is 0 Å². The first-order valence-corrected chi connectivity index (χ1v) is 9.28. The van der Waals surface area contributed by atoms with Crippen molar-refractivity contribution in [3.63, 3.8) is 0 Å². The molecule has 0 saturated heterocycles. The molecule has 0 radical (unpaired) electrons. The monoisotopic (exact) mass is 355 g/mol. The minimum absolute atomic E-state index is 0.258. The quantitative estimate of drug-likeness (QED) is 0.643. The van der Waals surface area contributed by atoms with Crippen molar-refractivity contribution in [2.75, 3.05) is 13.7 Å². The molecule has 1 atom stereocenters. The second-order valence-corrected chi connectivity index (χ2v) is 6.29. The summed E-state index contributed by atoms with van der Waals surface area (Å²) in [6, 6.07) is 16.3. The summed E-state index contributed by atoms with van der Waals surface area (Å²) < 4.78 is 10.2. The van der Waals surface area contributed by atoms with Crippen LogP contribution in [0.1, 0.15) is 48.2 Å². The van der Waals surface area contributed by atoms with Crippen molar-refractivity contribution >= 4 is 5.97 Å². The average molecular weight is 355 g/mol. The summed E-state index contributed by atoms with van der Waals surface area (Å²) in [7, 11) is 1.68. The standard InChI is InChI=1S/C22H29NO3/c1-4-20(23-16-18-9-14-21(25-3)15-10-18)13-8-17-6-11-19(12-7-17)22(24)26-5-2/h6-7,9-12,14-15,20,23H,4-5,8,13,16H2,1-3H3. The third kappa shape index (κ3) is 6.19. The summed E-state index contributed by atoms with van der Waals surface area (Å²) in [6.07, 6.45) is 3.12. The lowest BCUT2D eigenvalue weighted by Gasteiger charge is -2.17. The molecule has 2 rings (SSSR count). The predicted octanol–water partition coefficient (Wildman–Crippen LogP) is 4.37. The highest BCUT2D eigenvalue weighted by Gasteiger charge is 2.08. The molecule has 0 fully saturated rings. The first-order valence-electron chi connectivity index (χ1n) is 9.28. The minimum Gasteiger partial charge on any atom is -0.497 e. The van der Waals surface area contributed by atoms with Gasteiger partial charge in [-0.05, 0) is 61.6 Å². The number of ether oxygens (including phenoxy) is 2. The maximum Gasteiger partial charge on any atom is 0.338 e. The fraction of sp³-hybridized carbons (Fsp3) is 0.409. The van der Waals surface area contributed by atoms with E-state index in [0.717, 1.165) is 31.6 Å². The number of carbonyl (C=O) groups excluding carboxylic acids is 1. The zero-order valence-electron chi connectivity index (χ0n) is 16.0. The van der Waals surface area contributed by atoms with Gasteiger partial charge in [0.1, 0.15) is 5.75 Å². The van der Waals surface area contributed by atoms with E-state index in [9.17, 15) is 4.79 Å². The molecule has 4 nitrogen and oxygen atoms in total. The Hall–Kier alpha value is -2.33. The van der Waals surface area contributed by atoms with E-state index in [0.29, 0.717) is 18.2 Å². The van der Waals surface area contributed by atoms with Gasteiger partial charge in [-0.15, -0.1) is 0 Å². The molecule has 4 heteroatoms. The Kier molecular flexibility index (Phi) is 8.16. The Balaban J connectivity index is 1.81. The van der Waals surface area contributed by atoms with Crippen LogP contribution >= 0.6 is 0 Å². The molecule has 0 saturated carbocycles. The Labute approximate surface area is 156 Å². The van der Waals surface area contributed by atoms with Crippen LogP contribution in [0.5, 0.6) is 5.75 Å². The smallest absolute Gasteiger partial charge is 0.338 e. The Morgan fingerprint density at radius 3 is 2.23 bits per heavy atom. The molecule has 2 aromatic carbocycles. The topological polar surface area (TPSA) is 47.6 Å². The summed E-state index contributed by atoms with van der Waals surface area (Å²) in [5, 5.41) is 3.62. The average Bonchev–Trinajstić information content (AvgIpc) is 2.69. The molecular weight excluding hydrogens is 326 g/mol. The van der Waals surface area contributed by atoms with Crippen LogP contribution in [-0.2, 0) is 17.7 Å². The van der Waals surface area contributed by atoms with Crippen molar-refractivity contribution in [3.05, 3.63) is 65.2 Å². The number of rotatable bonds is 10. The van der Waals surface area contributed by atoms with Crippen LogP contribution in [-0.4, -0.2) is 25.7 Å². The van der Waals surface area contributed by atoms with Crippen LogP contribution in [0.4, 0.5) is 0 Å². The number of esters is 1. The molecule has 2 aromatic rings. The zero-order chi connectivity index (χ0) is 18.8. The molecule has 26 heavy (non-hydrogen) atoms. The fourth-order valence-electron chi connectivity index (χ4n) is 2.82. The molecule has 1 N–H and O–H groups in total. The Bertz CT molecular complexity index is 665. The highest BCUT2D eigenvalue weighted by Crippen LogP contribution is 2.13. The van der Waals surface area contributed by atoms with E-state index in [2.05, 4.69) is 24.4 Å². The van der Waals surface area contributed by atoms with Gasteiger partial charge < -0.3 is 14.8 Å². The molecule has 1 unspecified atom stereocenters. The third-order valence-electron chi connectivity index (χ3n) is 4.49. The lowest BCUT2D eigenvalue weighted by Crippen LogP contribution is -2.28. The van der Waals surface area contributed by atoms with Crippen LogP contribution in [0.25, 0.3) is 0 Å². The van der Waals surface area contributed by atoms with Gasteiger partial charge in [-0.3, -0.25) is 0 Å². The molecule has 0 aliphatic carbocycles. The van der Waals surface area contributed by atoms with E-state index in [1.807, 2.05) is 43.3 Å². The number of aryl methyl sites for hydroxylation is 1. The van der Waals surface area contributed by atoms with Crippen molar-refractivity contribution < 1.29 is 14.3 Å². The van der Waals surface area contributed by atoms with E-state index in [1.54, 1.807) is 7.11 Å². The first-order chi connectivity index (χ1) is 12.7. The van der Waals surface area contributed by atoms with Crippen molar-refractivity contribution in [1.29, 1.82) is 0 Å². The summed E-state index contributed by atoms with van der Waals surface area (Å²) in [5.41, 5.74) is 3.10. The van der Waals surface area contributed by atoms with Gasteiger partial charge in [0.15, 0.2) is 0 Å². The zero-order valence-corrected chi connectivity index (χ0v) is 16.0. The highest BCUT2D eigenvalue weighted by atomic mass is 16.5. The molecule has 0 aliphatic rings. The summed E-state index contributed by atoms with van der Waals surface area (Å²) in [6.45, 7) is 5.27. The maximum absolute atomic E-state index is 11.7. The van der Waals surface area contributed by atoms with Crippen molar-refractivity contribution in [2.45, 2.75) is 45.7 Å². The maximum atomic E-state index is 11.7. The number of hydrogen-bond donors (Lipinski definition) is 1. The molecule has 0 heterocycles. The van der Waals surface area contributed by atoms with Crippen LogP contribution < -0.4 is 10.1 Å². The van der Waals surface area contributed by atoms with Gasteiger partial charge in [-0.25, -0.2) is 4.79 Å². The van der Waals surface area contributed by atoms with Gasteiger partial charge in [-0.2, -0.15) is 0 Å². The second-order valence-electron chi connectivity index (χ2n) is 6.29. The van der Waals surface area contributed by atoms with Crippen molar-refractivity contribution in [3.8, 4) is 5.75 Å². The van der Waals surface area contributed by atoms with Crippen molar-refractivity contribution in [1.82, 2.24) is 5.32 Å². The number of hydrogen-bond acceptors (Lipinski definition) is 4. The molecule has 0 aromatic heterocycles. The van der Waals surface area contributed by atoms with Gasteiger partial charge >= 0.3 is 5.97 Å². The third-order valence-corrected chi connectivity index (χ3v) is 4.49. The van der Waals surface area contributed by atoms with E-state index in [4.69, 9.17) is 9.47 Å². The van der Waals surface area contributed by atoms with E-state index >= 15 is 0 Å². The van der Waals surface area contributed by atoms with Crippen LogP contribution in [0.2, 0.25) is 0 Å². The number of carbonyl (C=O) groups is 1. The van der Waals surface area contributed by atoms with Crippen LogP contribution in [0.3, 0.4) is 0 Å². The first kappa shape index (κ1) is 20.0. The molecule has 0 amide bonds. The highest BCUT2D eigenvalue weighted by molar-refractivity contribution is 5.89. The number of nitrogens with one attached hydrogen (secondary N) is 1. The van der Waals surface area contributed by atoms with Gasteiger partial charge in [-0.1, -0.05) is 31.2 Å². The van der Waals surface area contributed by atoms with Gasteiger partial charge in [0, 0.05) is 12.6 Å². The van der Waals surface area contributed by atoms with Crippen LogP contribution in [0.15, 0.2) is 48.5 Å². The largest absolute Gasteiger partial charge is 0.497 e. The molecule has 0 spiro atoms. The van der Waals surface area contributed by atoms with Gasteiger partial charge in [0.25, 0.3) is 0 Å². The SMILES string of the molecule is CCOC(=O)c1ccc(CCC(CC)NCc2ccc(OC)cc2)cc1. The molecular formula is C22H29NO3. The number of methoxy groups -OCH3 is 1. The minimum atomic E-state index is -0.258.